The molecular weight excluding hydrogens is 312 g/mol. The van der Waals surface area contributed by atoms with Crippen molar-refractivity contribution in [3.8, 4) is 0 Å². The van der Waals surface area contributed by atoms with Crippen LogP contribution < -0.4 is 0 Å². The van der Waals surface area contributed by atoms with Crippen molar-refractivity contribution in [1.82, 2.24) is 9.88 Å². The smallest absolute Gasteiger partial charge is 0.357 e. The predicted octanol–water partition coefficient (Wildman–Crippen LogP) is 2.93. The number of thiazole rings is 1. The largest absolute Gasteiger partial charge is 0.464 e. The zero-order valence-corrected chi connectivity index (χ0v) is 14.3. The van der Waals surface area contributed by atoms with Crippen molar-refractivity contribution < 1.29 is 14.3 Å². The van der Waals surface area contributed by atoms with E-state index in [1.807, 2.05) is 0 Å². The Morgan fingerprint density at radius 2 is 2.10 bits per heavy atom. The van der Waals surface area contributed by atoms with Gasteiger partial charge in [0.1, 0.15) is 10.4 Å². The number of rotatable bonds is 7. The molecule has 0 aromatic carbocycles. The van der Waals surface area contributed by atoms with Crippen LogP contribution in [-0.2, 0) is 16.1 Å². The number of nitrogens with zero attached hydrogens (tertiary/aromatic N) is 2. The molecule has 5 nitrogen and oxygen atoms in total. The van der Waals surface area contributed by atoms with E-state index in [2.05, 4.69) is 23.6 Å². The van der Waals surface area contributed by atoms with Gasteiger partial charge in [-0.1, -0.05) is 13.8 Å². The molecule has 1 heterocycles. The molecule has 118 valence electrons. The number of methoxy groups -OCH3 is 1. The molecule has 7 heteroatoms. The molecule has 0 spiro atoms. The van der Waals surface area contributed by atoms with Gasteiger partial charge in [0.25, 0.3) is 0 Å². The maximum Gasteiger partial charge on any atom is 0.357 e. The van der Waals surface area contributed by atoms with E-state index in [1.54, 1.807) is 17.2 Å². The molecule has 0 radical (unpaired) electrons. The Balaban J connectivity index is 2.77. The summed E-state index contributed by atoms with van der Waals surface area (Å²) in [6.07, 6.45) is 0.893. The molecule has 1 aromatic heterocycles. The fourth-order valence-corrected chi connectivity index (χ4v) is 2.59. The number of hydrogen-bond acceptors (Lipinski definition) is 5. The lowest BCUT2D eigenvalue weighted by Crippen LogP contribution is -2.36. The lowest BCUT2D eigenvalue weighted by molar-refractivity contribution is -0.131. The highest BCUT2D eigenvalue weighted by Gasteiger charge is 2.21. The molecule has 0 aliphatic rings. The second kappa shape index (κ2) is 8.34. The maximum absolute atomic E-state index is 12.1. The van der Waals surface area contributed by atoms with Crippen molar-refractivity contribution in [2.75, 3.05) is 13.7 Å². The summed E-state index contributed by atoms with van der Waals surface area (Å²) in [5.41, 5.74) is 0.271. The van der Waals surface area contributed by atoms with Gasteiger partial charge in [-0.2, -0.15) is 0 Å². The minimum absolute atomic E-state index is 0.118. The SMILES string of the molecule is COC(=O)c1csc(CN(CCC(C)C)C(=O)C(C)Cl)n1. The summed E-state index contributed by atoms with van der Waals surface area (Å²) in [4.78, 5) is 29.4. The van der Waals surface area contributed by atoms with Gasteiger partial charge in [-0.05, 0) is 19.3 Å². The van der Waals surface area contributed by atoms with Crippen LogP contribution in [0.15, 0.2) is 5.38 Å². The maximum atomic E-state index is 12.1. The van der Waals surface area contributed by atoms with Crippen molar-refractivity contribution in [3.05, 3.63) is 16.1 Å². The van der Waals surface area contributed by atoms with Crippen LogP contribution in [-0.4, -0.2) is 40.8 Å². The summed E-state index contributed by atoms with van der Waals surface area (Å²) in [5, 5.41) is 1.76. The summed E-state index contributed by atoms with van der Waals surface area (Å²) in [7, 11) is 1.31. The summed E-state index contributed by atoms with van der Waals surface area (Å²) in [6, 6.07) is 0. The van der Waals surface area contributed by atoms with Gasteiger partial charge in [0, 0.05) is 11.9 Å². The zero-order chi connectivity index (χ0) is 16.0. The van der Waals surface area contributed by atoms with Gasteiger partial charge >= 0.3 is 5.97 Å². The number of alkyl halides is 1. The fourth-order valence-electron chi connectivity index (χ4n) is 1.68. The standard InChI is InChI=1S/C14H21ClN2O3S/c1-9(2)5-6-17(13(18)10(3)15)7-12-16-11(8-21-12)14(19)20-4/h8-10H,5-7H2,1-4H3. The van der Waals surface area contributed by atoms with Crippen LogP contribution in [0.4, 0.5) is 0 Å². The molecule has 1 aromatic rings. The normalized spacial score (nSPS) is 12.3. The first-order valence-electron chi connectivity index (χ1n) is 6.80. The third-order valence-corrected chi connectivity index (χ3v) is 3.92. The zero-order valence-electron chi connectivity index (χ0n) is 12.8. The lowest BCUT2D eigenvalue weighted by atomic mass is 10.1. The number of amides is 1. The second-order valence-corrected chi connectivity index (χ2v) is 6.77. The topological polar surface area (TPSA) is 59.5 Å². The molecule has 1 unspecified atom stereocenters. The third kappa shape index (κ3) is 5.63. The Hall–Kier alpha value is -1.14. The monoisotopic (exact) mass is 332 g/mol. The number of ether oxygens (including phenoxy) is 1. The number of hydrogen-bond donors (Lipinski definition) is 0. The molecule has 0 bridgehead atoms. The number of esters is 1. The Kier molecular flexibility index (Phi) is 7.11. The first kappa shape index (κ1) is 17.9. The number of carbonyl (C=O) groups is 2. The van der Waals surface area contributed by atoms with E-state index in [1.165, 1.54) is 18.4 Å². The van der Waals surface area contributed by atoms with Crippen LogP contribution in [0.5, 0.6) is 0 Å². The lowest BCUT2D eigenvalue weighted by Gasteiger charge is -2.23. The van der Waals surface area contributed by atoms with Gasteiger partial charge in [-0.3, -0.25) is 4.79 Å². The van der Waals surface area contributed by atoms with Gasteiger partial charge < -0.3 is 9.64 Å². The van der Waals surface area contributed by atoms with Gasteiger partial charge in [-0.15, -0.1) is 22.9 Å². The van der Waals surface area contributed by atoms with Crippen molar-refractivity contribution in [2.45, 2.75) is 39.1 Å². The van der Waals surface area contributed by atoms with E-state index in [9.17, 15) is 9.59 Å². The van der Waals surface area contributed by atoms with Crippen LogP contribution in [0.3, 0.4) is 0 Å². The van der Waals surface area contributed by atoms with Crippen LogP contribution in [0.2, 0.25) is 0 Å². The molecule has 0 aliphatic carbocycles. The molecular formula is C14H21ClN2O3S. The average Bonchev–Trinajstić information content (AvgIpc) is 2.89. The molecule has 1 atom stereocenters. The van der Waals surface area contributed by atoms with Crippen molar-refractivity contribution in [2.24, 2.45) is 5.92 Å². The van der Waals surface area contributed by atoms with E-state index >= 15 is 0 Å². The predicted molar refractivity (Wildman–Crippen MR) is 83.6 cm³/mol. The number of carbonyl (C=O) groups excluding carboxylic acids is 2. The highest BCUT2D eigenvalue weighted by Crippen LogP contribution is 2.16. The molecule has 0 saturated heterocycles. The van der Waals surface area contributed by atoms with E-state index in [0.717, 1.165) is 6.42 Å². The molecule has 1 rings (SSSR count). The van der Waals surface area contributed by atoms with Gasteiger partial charge in [0.05, 0.1) is 13.7 Å². The van der Waals surface area contributed by atoms with Gasteiger partial charge in [0.2, 0.25) is 5.91 Å². The average molecular weight is 333 g/mol. The van der Waals surface area contributed by atoms with E-state index in [0.29, 0.717) is 24.0 Å². The fraction of sp³-hybridized carbons (Fsp3) is 0.643. The Labute approximate surface area is 134 Å². The van der Waals surface area contributed by atoms with Gasteiger partial charge in [-0.25, -0.2) is 9.78 Å². The van der Waals surface area contributed by atoms with Crippen molar-refractivity contribution in [3.63, 3.8) is 0 Å². The quantitative estimate of drug-likeness (QED) is 0.569. The molecule has 0 fully saturated rings. The summed E-state index contributed by atoms with van der Waals surface area (Å²) < 4.78 is 4.62. The molecule has 0 saturated carbocycles. The van der Waals surface area contributed by atoms with Crippen LogP contribution in [0.1, 0.15) is 42.7 Å². The van der Waals surface area contributed by atoms with Crippen LogP contribution in [0, 0.1) is 5.92 Å². The Morgan fingerprint density at radius 1 is 1.43 bits per heavy atom. The minimum atomic E-state index is -0.572. The summed E-state index contributed by atoms with van der Waals surface area (Å²) in [5.74, 6) is -0.0942. The first-order valence-corrected chi connectivity index (χ1v) is 8.12. The molecule has 1 amide bonds. The number of aromatic nitrogens is 1. The highest BCUT2D eigenvalue weighted by atomic mass is 35.5. The number of halogens is 1. The third-order valence-electron chi connectivity index (χ3n) is 2.90. The van der Waals surface area contributed by atoms with Gasteiger partial charge in [0.15, 0.2) is 5.69 Å². The van der Waals surface area contributed by atoms with E-state index < -0.39 is 11.3 Å². The summed E-state index contributed by atoms with van der Waals surface area (Å²) in [6.45, 7) is 6.86. The first-order chi connectivity index (χ1) is 9.85. The van der Waals surface area contributed by atoms with E-state index in [4.69, 9.17) is 11.6 Å². The second-order valence-electron chi connectivity index (χ2n) is 5.18. The molecule has 0 N–H and O–H groups in total. The molecule has 21 heavy (non-hydrogen) atoms. The van der Waals surface area contributed by atoms with Crippen molar-refractivity contribution in [1.29, 1.82) is 0 Å². The minimum Gasteiger partial charge on any atom is -0.464 e. The Morgan fingerprint density at radius 3 is 2.62 bits per heavy atom. The van der Waals surface area contributed by atoms with Crippen LogP contribution >= 0.6 is 22.9 Å². The highest BCUT2D eigenvalue weighted by molar-refractivity contribution is 7.09. The van der Waals surface area contributed by atoms with Crippen LogP contribution in [0.25, 0.3) is 0 Å². The van der Waals surface area contributed by atoms with Crippen molar-refractivity contribution >= 4 is 34.8 Å². The Bertz CT molecular complexity index is 488. The van der Waals surface area contributed by atoms with E-state index in [-0.39, 0.29) is 11.6 Å². The summed E-state index contributed by atoms with van der Waals surface area (Å²) >= 11 is 7.24. The molecule has 0 aliphatic heterocycles.